The third-order valence-electron chi connectivity index (χ3n) is 5.18. The van der Waals surface area contributed by atoms with Crippen LogP contribution in [-0.2, 0) is 9.47 Å². The molecule has 0 amide bonds. The number of aliphatic hydroxyl groups is 1. The van der Waals surface area contributed by atoms with E-state index in [1.165, 1.54) is 10.8 Å². The molecule has 10 nitrogen and oxygen atoms in total. The summed E-state index contributed by atoms with van der Waals surface area (Å²) in [6.45, 7) is 1.37. The van der Waals surface area contributed by atoms with Crippen molar-refractivity contribution in [1.29, 1.82) is 0 Å². The van der Waals surface area contributed by atoms with Crippen LogP contribution >= 0.6 is 0 Å². The maximum absolute atomic E-state index is 12.4. The van der Waals surface area contributed by atoms with E-state index in [1.54, 1.807) is 31.2 Å². The Morgan fingerprint density at radius 1 is 1.12 bits per heavy atom. The van der Waals surface area contributed by atoms with Gasteiger partial charge < -0.3 is 14.6 Å². The zero-order chi connectivity index (χ0) is 23.4. The van der Waals surface area contributed by atoms with Crippen molar-refractivity contribution >= 4 is 17.3 Å². The number of ether oxygens (including phenoxy) is 2. The summed E-state index contributed by atoms with van der Waals surface area (Å²) in [5.41, 5.74) is 0.834. The predicted molar refractivity (Wildman–Crippen MR) is 118 cm³/mol. The number of aryl methyl sites for hydroxylation is 1. The monoisotopic (exact) mass is 450 g/mol. The number of H-pyrrole nitrogens is 1. The van der Waals surface area contributed by atoms with Gasteiger partial charge >= 0.3 is 11.7 Å². The van der Waals surface area contributed by atoms with E-state index in [0.29, 0.717) is 22.5 Å². The number of rotatable bonds is 6. The molecule has 3 aromatic rings. The standard InChI is InChI=1S/C23H22N4O6/c1-14-12-27(23(31)24-21(14)29)20-11-18(28)19(33-20)13-32-22(30)15-7-9-17(10-8-15)26-25-16-5-3-2-4-6-16/h2-10,12,18-20,28H,11,13H2,1H3,(H,24,29,31)/t18-,19+,20+/m0/s1. The van der Waals surface area contributed by atoms with Gasteiger partial charge in [-0.25, -0.2) is 9.59 Å². The second-order valence-electron chi connectivity index (χ2n) is 7.59. The Hall–Kier alpha value is -3.89. The smallest absolute Gasteiger partial charge is 0.338 e. The number of hydrogen-bond donors (Lipinski definition) is 2. The minimum absolute atomic E-state index is 0.120. The van der Waals surface area contributed by atoms with E-state index in [1.807, 2.05) is 30.3 Å². The molecule has 170 valence electrons. The van der Waals surface area contributed by atoms with Crippen LogP contribution in [0.3, 0.4) is 0 Å². The van der Waals surface area contributed by atoms with Crippen LogP contribution < -0.4 is 11.2 Å². The van der Waals surface area contributed by atoms with Gasteiger partial charge in [-0.15, -0.1) is 0 Å². The Kier molecular flexibility index (Phi) is 6.57. The van der Waals surface area contributed by atoms with Gasteiger partial charge in [-0.2, -0.15) is 10.2 Å². The van der Waals surface area contributed by atoms with E-state index in [9.17, 15) is 19.5 Å². The molecule has 1 saturated heterocycles. The molecule has 1 aromatic heterocycles. The molecule has 0 spiro atoms. The summed E-state index contributed by atoms with van der Waals surface area (Å²) in [7, 11) is 0. The Morgan fingerprint density at radius 2 is 1.79 bits per heavy atom. The van der Waals surface area contributed by atoms with Crippen molar-refractivity contribution in [3.05, 3.63) is 92.8 Å². The Labute approximate surface area is 188 Å². The molecule has 10 heteroatoms. The molecule has 1 aliphatic rings. The zero-order valence-electron chi connectivity index (χ0n) is 17.7. The van der Waals surface area contributed by atoms with Crippen molar-refractivity contribution in [3.8, 4) is 0 Å². The number of nitrogens with zero attached hydrogens (tertiary/aromatic N) is 3. The molecule has 0 unspecified atom stereocenters. The Morgan fingerprint density at radius 3 is 2.48 bits per heavy atom. The van der Waals surface area contributed by atoms with Gasteiger partial charge in [0.2, 0.25) is 0 Å². The van der Waals surface area contributed by atoms with Gasteiger partial charge in [-0.3, -0.25) is 14.3 Å². The molecular weight excluding hydrogens is 428 g/mol. The van der Waals surface area contributed by atoms with Crippen molar-refractivity contribution in [1.82, 2.24) is 9.55 Å². The van der Waals surface area contributed by atoms with Crippen molar-refractivity contribution in [2.75, 3.05) is 6.61 Å². The van der Waals surface area contributed by atoms with Crippen LogP contribution in [0.4, 0.5) is 11.4 Å². The zero-order valence-corrected chi connectivity index (χ0v) is 17.7. The molecule has 2 heterocycles. The molecule has 2 N–H and O–H groups in total. The molecule has 2 aromatic carbocycles. The van der Waals surface area contributed by atoms with Gasteiger partial charge in [0.15, 0.2) is 0 Å². The highest BCUT2D eigenvalue weighted by Crippen LogP contribution is 2.28. The summed E-state index contributed by atoms with van der Waals surface area (Å²) < 4.78 is 12.2. The third kappa shape index (κ3) is 5.30. The van der Waals surface area contributed by atoms with E-state index in [-0.39, 0.29) is 13.0 Å². The lowest BCUT2D eigenvalue weighted by Gasteiger charge is -2.16. The summed E-state index contributed by atoms with van der Waals surface area (Å²) in [6.07, 6.45) is -1.03. The van der Waals surface area contributed by atoms with Crippen LogP contribution in [0.25, 0.3) is 0 Å². The number of aromatic amines is 1. The number of hydrogen-bond acceptors (Lipinski definition) is 8. The van der Waals surface area contributed by atoms with E-state index in [0.717, 1.165) is 0 Å². The van der Waals surface area contributed by atoms with Crippen molar-refractivity contribution in [3.63, 3.8) is 0 Å². The lowest BCUT2D eigenvalue weighted by molar-refractivity contribution is -0.0532. The summed E-state index contributed by atoms with van der Waals surface area (Å²) in [5, 5.41) is 18.5. The third-order valence-corrected chi connectivity index (χ3v) is 5.18. The van der Waals surface area contributed by atoms with Gasteiger partial charge in [-0.05, 0) is 43.3 Å². The topological polar surface area (TPSA) is 135 Å². The first-order chi connectivity index (χ1) is 15.9. The van der Waals surface area contributed by atoms with Crippen molar-refractivity contribution < 1.29 is 19.4 Å². The lowest BCUT2D eigenvalue weighted by Crippen LogP contribution is -2.33. The second-order valence-corrected chi connectivity index (χ2v) is 7.59. The summed E-state index contributed by atoms with van der Waals surface area (Å²) in [5.74, 6) is -0.585. The molecule has 3 atom stereocenters. The number of benzene rings is 2. The van der Waals surface area contributed by atoms with Crippen molar-refractivity contribution in [2.24, 2.45) is 10.2 Å². The average molecular weight is 450 g/mol. The highest BCUT2D eigenvalue weighted by molar-refractivity contribution is 5.89. The van der Waals surface area contributed by atoms with Gasteiger partial charge in [0.05, 0.1) is 23.0 Å². The Balaban J connectivity index is 1.34. The van der Waals surface area contributed by atoms with Gasteiger partial charge in [-0.1, -0.05) is 18.2 Å². The van der Waals surface area contributed by atoms with Crippen LogP contribution in [0.1, 0.15) is 28.6 Å². The number of azo groups is 1. The van der Waals surface area contributed by atoms with Crippen molar-refractivity contribution in [2.45, 2.75) is 31.8 Å². The first-order valence-corrected chi connectivity index (χ1v) is 10.3. The average Bonchev–Trinajstić information content (AvgIpc) is 3.19. The molecule has 33 heavy (non-hydrogen) atoms. The largest absolute Gasteiger partial charge is 0.459 e. The van der Waals surface area contributed by atoms with Crippen LogP contribution in [0.2, 0.25) is 0 Å². The number of aliphatic hydroxyl groups excluding tert-OH is 1. The second kappa shape index (κ2) is 9.72. The molecule has 0 bridgehead atoms. The first-order valence-electron chi connectivity index (χ1n) is 10.3. The number of carbonyl (C=O) groups is 1. The van der Waals surface area contributed by atoms with Gasteiger partial charge in [0.25, 0.3) is 5.56 Å². The number of esters is 1. The molecule has 0 radical (unpaired) electrons. The van der Waals surface area contributed by atoms with Gasteiger partial charge in [0.1, 0.15) is 18.9 Å². The normalized spacial score (nSPS) is 20.2. The summed E-state index contributed by atoms with van der Waals surface area (Å²) >= 11 is 0. The predicted octanol–water partition coefficient (Wildman–Crippen LogP) is 2.77. The quantitative estimate of drug-likeness (QED) is 0.438. The molecule has 1 fully saturated rings. The van der Waals surface area contributed by atoms with Crippen LogP contribution in [-0.4, -0.2) is 39.4 Å². The summed E-state index contributed by atoms with van der Waals surface area (Å²) in [6, 6.07) is 15.7. The highest BCUT2D eigenvalue weighted by atomic mass is 16.6. The van der Waals surface area contributed by atoms with Crippen LogP contribution in [0.15, 0.2) is 80.6 Å². The molecule has 1 aliphatic heterocycles. The van der Waals surface area contributed by atoms with Gasteiger partial charge in [0, 0.05) is 18.2 Å². The van der Waals surface area contributed by atoms with Crippen LogP contribution in [0, 0.1) is 6.92 Å². The minimum atomic E-state index is -0.942. The van der Waals surface area contributed by atoms with E-state index in [4.69, 9.17) is 9.47 Å². The maximum atomic E-state index is 12.4. The fraction of sp³-hybridized carbons (Fsp3) is 0.261. The Bertz CT molecular complexity index is 1270. The highest BCUT2D eigenvalue weighted by Gasteiger charge is 2.36. The lowest BCUT2D eigenvalue weighted by atomic mass is 10.2. The molecular formula is C23H22N4O6. The molecule has 0 saturated carbocycles. The van der Waals surface area contributed by atoms with Crippen LogP contribution in [0.5, 0.6) is 0 Å². The number of carbonyl (C=O) groups excluding carboxylic acids is 1. The fourth-order valence-corrected chi connectivity index (χ4v) is 3.35. The number of nitrogens with one attached hydrogen (secondary N) is 1. The molecule has 4 rings (SSSR count). The number of aromatic nitrogens is 2. The van der Waals surface area contributed by atoms with E-state index in [2.05, 4.69) is 15.2 Å². The molecule has 0 aliphatic carbocycles. The van der Waals surface area contributed by atoms with E-state index < -0.39 is 35.7 Å². The van der Waals surface area contributed by atoms with E-state index >= 15 is 0 Å². The first kappa shape index (κ1) is 22.3. The fourth-order valence-electron chi connectivity index (χ4n) is 3.35. The summed E-state index contributed by atoms with van der Waals surface area (Å²) in [4.78, 5) is 38.2. The maximum Gasteiger partial charge on any atom is 0.338 e. The SMILES string of the molecule is Cc1cn([C@H]2C[C@H](O)[C@@H](COC(=O)c3ccc(N=Nc4ccccc4)cc3)O2)c(=O)[nH]c1=O. The minimum Gasteiger partial charge on any atom is -0.459 e.